The van der Waals surface area contributed by atoms with Gasteiger partial charge in [0.2, 0.25) is 0 Å². The van der Waals surface area contributed by atoms with E-state index in [1.54, 1.807) is 0 Å². The van der Waals surface area contributed by atoms with E-state index in [-0.39, 0.29) is 5.91 Å². The molecule has 1 heterocycles. The van der Waals surface area contributed by atoms with Crippen LogP contribution in [0.25, 0.3) is 11.1 Å². The summed E-state index contributed by atoms with van der Waals surface area (Å²) in [5.74, 6) is -0.104. The van der Waals surface area contributed by atoms with Gasteiger partial charge in [-0.05, 0) is 50.5 Å². The number of carbonyl (C=O) groups excluding carboxylic acids is 1. The maximum absolute atomic E-state index is 12.8. The van der Waals surface area contributed by atoms with Crippen molar-refractivity contribution in [3.63, 3.8) is 0 Å². The van der Waals surface area contributed by atoms with Gasteiger partial charge in [0.25, 0.3) is 5.91 Å². The molecule has 0 aliphatic carbocycles. The summed E-state index contributed by atoms with van der Waals surface area (Å²) < 4.78 is 1.51. The zero-order valence-electron chi connectivity index (χ0n) is 14.9. The lowest BCUT2D eigenvalue weighted by Gasteiger charge is -2.06. The highest BCUT2D eigenvalue weighted by molar-refractivity contribution is 5.96. The quantitative estimate of drug-likeness (QED) is 0.633. The summed E-state index contributed by atoms with van der Waals surface area (Å²) in [6.45, 7) is 9.82. The van der Waals surface area contributed by atoms with Gasteiger partial charge in [0.1, 0.15) is 0 Å². The lowest BCUT2D eigenvalue weighted by Crippen LogP contribution is -2.15. The number of hydrogen-bond acceptors (Lipinski definition) is 2. The summed E-state index contributed by atoms with van der Waals surface area (Å²) in [6.07, 6.45) is 0.748. The Bertz CT molecular complexity index is 919. The fourth-order valence-corrected chi connectivity index (χ4v) is 2.99. The second-order valence-corrected chi connectivity index (χ2v) is 6.44. The molecule has 0 saturated carbocycles. The van der Waals surface area contributed by atoms with E-state index in [0.717, 1.165) is 40.1 Å². The molecule has 2 aromatic carbocycles. The fraction of sp³-hybridized carbons (Fsp3) is 0.182. The van der Waals surface area contributed by atoms with E-state index in [2.05, 4.69) is 23.8 Å². The Labute approximate surface area is 148 Å². The summed E-state index contributed by atoms with van der Waals surface area (Å²) in [5.41, 5.74) is 6.77. The topological polar surface area (TPSA) is 34.9 Å². The molecule has 0 aliphatic heterocycles. The third kappa shape index (κ3) is 3.45. The van der Waals surface area contributed by atoms with E-state index >= 15 is 0 Å². The molecule has 0 aliphatic rings. The molecular formula is C22H22N2O. The molecule has 126 valence electrons. The third-order valence-electron chi connectivity index (χ3n) is 4.35. The van der Waals surface area contributed by atoms with Crippen LogP contribution in [0, 0.1) is 13.8 Å². The van der Waals surface area contributed by atoms with Crippen molar-refractivity contribution < 1.29 is 4.79 Å². The number of allylic oxidation sites excluding steroid dienone is 1. The zero-order valence-corrected chi connectivity index (χ0v) is 14.9. The molecule has 0 amide bonds. The van der Waals surface area contributed by atoms with Gasteiger partial charge in [-0.1, -0.05) is 54.6 Å². The Hall–Kier alpha value is -2.94. The number of carbonyl (C=O) groups is 1. The molecule has 0 atom stereocenters. The molecule has 0 spiro atoms. The number of hydrogen-bond donors (Lipinski definition) is 0. The zero-order chi connectivity index (χ0) is 18.0. The van der Waals surface area contributed by atoms with E-state index < -0.39 is 0 Å². The van der Waals surface area contributed by atoms with Crippen LogP contribution in [0.4, 0.5) is 0 Å². The highest BCUT2D eigenvalue weighted by atomic mass is 16.2. The molecular weight excluding hydrogens is 308 g/mol. The van der Waals surface area contributed by atoms with Gasteiger partial charge in [-0.15, -0.1) is 0 Å². The molecule has 3 heteroatoms. The van der Waals surface area contributed by atoms with E-state index in [1.165, 1.54) is 4.68 Å². The Morgan fingerprint density at radius 2 is 1.60 bits per heavy atom. The first kappa shape index (κ1) is 16.9. The van der Waals surface area contributed by atoms with E-state index in [9.17, 15) is 4.79 Å². The molecule has 3 rings (SSSR count). The normalized spacial score (nSPS) is 10.7. The van der Waals surface area contributed by atoms with Crippen molar-refractivity contribution >= 4 is 5.91 Å². The van der Waals surface area contributed by atoms with Gasteiger partial charge in [0.15, 0.2) is 0 Å². The maximum atomic E-state index is 12.8. The Morgan fingerprint density at radius 1 is 1.00 bits per heavy atom. The van der Waals surface area contributed by atoms with Crippen LogP contribution in [0.3, 0.4) is 0 Å². The SMILES string of the molecule is C=C(C)Cc1c(C)nn(C(=O)c2ccc(-c3ccccc3)cc2)c1C. The molecule has 25 heavy (non-hydrogen) atoms. The highest BCUT2D eigenvalue weighted by Gasteiger charge is 2.17. The first-order valence-electron chi connectivity index (χ1n) is 8.37. The van der Waals surface area contributed by atoms with Crippen molar-refractivity contribution in [2.45, 2.75) is 27.2 Å². The maximum Gasteiger partial charge on any atom is 0.278 e. The summed E-state index contributed by atoms with van der Waals surface area (Å²) in [7, 11) is 0. The number of rotatable bonds is 4. The molecule has 0 fully saturated rings. The van der Waals surface area contributed by atoms with Gasteiger partial charge in [-0.25, -0.2) is 4.68 Å². The van der Waals surface area contributed by atoms with E-state index in [4.69, 9.17) is 0 Å². The molecule has 0 N–H and O–H groups in total. The summed E-state index contributed by atoms with van der Waals surface area (Å²) >= 11 is 0. The van der Waals surface area contributed by atoms with E-state index in [1.807, 2.05) is 63.2 Å². The van der Waals surface area contributed by atoms with Crippen LogP contribution in [-0.2, 0) is 6.42 Å². The molecule has 0 radical (unpaired) electrons. The van der Waals surface area contributed by atoms with Gasteiger partial charge >= 0.3 is 0 Å². The molecule has 1 aromatic heterocycles. The van der Waals surface area contributed by atoms with Crippen LogP contribution < -0.4 is 0 Å². The second kappa shape index (κ2) is 6.89. The predicted octanol–water partition coefficient (Wildman–Crippen LogP) is 4.97. The first-order chi connectivity index (χ1) is 12.0. The fourth-order valence-electron chi connectivity index (χ4n) is 2.99. The standard InChI is InChI=1S/C22H22N2O/c1-15(2)14-21-16(3)23-24(17(21)4)22(25)20-12-10-19(11-13-20)18-8-6-5-7-9-18/h5-13H,1,14H2,2-4H3. The van der Waals surface area contributed by atoms with Crippen molar-refractivity contribution in [2.24, 2.45) is 0 Å². The number of aromatic nitrogens is 2. The molecule has 3 aromatic rings. The smallest absolute Gasteiger partial charge is 0.267 e. The van der Waals surface area contributed by atoms with Crippen molar-refractivity contribution in [1.82, 2.24) is 9.78 Å². The van der Waals surface area contributed by atoms with Gasteiger partial charge in [-0.2, -0.15) is 5.10 Å². The lowest BCUT2D eigenvalue weighted by atomic mass is 10.0. The van der Waals surface area contributed by atoms with Gasteiger partial charge in [-0.3, -0.25) is 4.79 Å². The number of aryl methyl sites for hydroxylation is 1. The van der Waals surface area contributed by atoms with Crippen LogP contribution in [-0.4, -0.2) is 15.7 Å². The minimum Gasteiger partial charge on any atom is -0.267 e. The Morgan fingerprint density at radius 3 is 2.20 bits per heavy atom. The molecule has 3 nitrogen and oxygen atoms in total. The van der Waals surface area contributed by atoms with Crippen LogP contribution in [0.15, 0.2) is 66.7 Å². The predicted molar refractivity (Wildman–Crippen MR) is 102 cm³/mol. The van der Waals surface area contributed by atoms with Crippen molar-refractivity contribution in [1.29, 1.82) is 0 Å². The van der Waals surface area contributed by atoms with Gasteiger partial charge in [0.05, 0.1) is 5.69 Å². The van der Waals surface area contributed by atoms with Crippen LogP contribution in [0.2, 0.25) is 0 Å². The number of nitrogens with zero attached hydrogens (tertiary/aromatic N) is 2. The monoisotopic (exact) mass is 330 g/mol. The Kier molecular flexibility index (Phi) is 4.66. The molecule has 0 unspecified atom stereocenters. The van der Waals surface area contributed by atoms with Gasteiger partial charge < -0.3 is 0 Å². The first-order valence-corrected chi connectivity index (χ1v) is 8.37. The van der Waals surface area contributed by atoms with Crippen LogP contribution >= 0.6 is 0 Å². The second-order valence-electron chi connectivity index (χ2n) is 6.44. The molecule has 0 saturated heterocycles. The average molecular weight is 330 g/mol. The van der Waals surface area contributed by atoms with Gasteiger partial charge in [0, 0.05) is 16.8 Å². The Balaban J connectivity index is 1.90. The summed E-state index contributed by atoms with van der Waals surface area (Å²) in [6, 6.07) is 17.8. The largest absolute Gasteiger partial charge is 0.278 e. The van der Waals surface area contributed by atoms with Crippen molar-refractivity contribution in [3.05, 3.63) is 89.3 Å². The van der Waals surface area contributed by atoms with Crippen molar-refractivity contribution in [3.8, 4) is 11.1 Å². The summed E-state index contributed by atoms with van der Waals surface area (Å²) in [4.78, 5) is 12.8. The average Bonchev–Trinajstić information content (AvgIpc) is 2.90. The van der Waals surface area contributed by atoms with E-state index in [0.29, 0.717) is 5.56 Å². The van der Waals surface area contributed by atoms with Crippen molar-refractivity contribution in [2.75, 3.05) is 0 Å². The lowest BCUT2D eigenvalue weighted by molar-refractivity contribution is 0.0942. The summed E-state index contributed by atoms with van der Waals surface area (Å²) in [5, 5.41) is 4.45. The minimum absolute atomic E-state index is 0.104. The van der Waals surface area contributed by atoms with Crippen LogP contribution in [0.1, 0.15) is 34.2 Å². The van der Waals surface area contributed by atoms with Crippen LogP contribution in [0.5, 0.6) is 0 Å². The third-order valence-corrected chi connectivity index (χ3v) is 4.35. The number of benzene rings is 2. The molecule has 0 bridgehead atoms. The minimum atomic E-state index is -0.104. The highest BCUT2D eigenvalue weighted by Crippen LogP contribution is 2.21.